The van der Waals surface area contributed by atoms with Crippen LogP contribution in [0, 0.1) is 5.92 Å². The zero-order valence-electron chi connectivity index (χ0n) is 21.3. The molecule has 3 aromatic rings. The summed E-state index contributed by atoms with van der Waals surface area (Å²) in [5.74, 6) is -1.48. The molecule has 3 amide bonds. The number of carboxylic acid groups (broad SMARTS) is 1. The highest BCUT2D eigenvalue weighted by Crippen LogP contribution is 2.32. The Morgan fingerprint density at radius 1 is 0.974 bits per heavy atom. The smallest absolute Gasteiger partial charge is 0.335 e. The summed E-state index contributed by atoms with van der Waals surface area (Å²) in [6, 6.07) is 21.9. The van der Waals surface area contributed by atoms with Gasteiger partial charge in [0.15, 0.2) is 0 Å². The normalized spacial score (nSPS) is 18.1. The monoisotopic (exact) mass is 526 g/mol. The number of nitrogens with zero attached hydrogens (tertiary/aromatic N) is 2. The number of urea groups is 1. The number of aliphatic hydroxyl groups is 1. The molecule has 0 spiro atoms. The fraction of sp³-hybridized carbons (Fsp3) is 0.267. The predicted octanol–water partition coefficient (Wildman–Crippen LogP) is 4.27. The molecule has 9 nitrogen and oxygen atoms in total. The summed E-state index contributed by atoms with van der Waals surface area (Å²) in [7, 11) is 0. The molecule has 0 aromatic heterocycles. The van der Waals surface area contributed by atoms with E-state index in [1.807, 2.05) is 54.6 Å². The fourth-order valence-electron chi connectivity index (χ4n) is 5.24. The highest BCUT2D eigenvalue weighted by atomic mass is 16.4. The van der Waals surface area contributed by atoms with E-state index in [1.165, 1.54) is 23.1 Å². The number of benzene rings is 3. The van der Waals surface area contributed by atoms with Crippen molar-refractivity contribution in [2.75, 3.05) is 16.8 Å². The van der Waals surface area contributed by atoms with E-state index in [-0.39, 0.29) is 23.7 Å². The van der Waals surface area contributed by atoms with Crippen LogP contribution in [0.3, 0.4) is 0 Å². The molecule has 2 aliphatic rings. The third kappa shape index (κ3) is 5.83. The number of carbonyl (C=O) groups is 3. The van der Waals surface area contributed by atoms with Gasteiger partial charge in [-0.05, 0) is 43.0 Å². The number of hydrogen-bond donors (Lipinski definition) is 4. The molecule has 0 unspecified atom stereocenters. The largest absolute Gasteiger partial charge is 0.478 e. The molecule has 5 rings (SSSR count). The summed E-state index contributed by atoms with van der Waals surface area (Å²) >= 11 is 0. The van der Waals surface area contributed by atoms with Crippen molar-refractivity contribution in [3.63, 3.8) is 0 Å². The van der Waals surface area contributed by atoms with Crippen LogP contribution < -0.4 is 15.5 Å². The lowest BCUT2D eigenvalue weighted by Crippen LogP contribution is -2.51. The number of hydrogen-bond acceptors (Lipinski definition) is 5. The van der Waals surface area contributed by atoms with Crippen molar-refractivity contribution >= 4 is 35.0 Å². The van der Waals surface area contributed by atoms with Crippen LogP contribution in [0.2, 0.25) is 0 Å². The lowest BCUT2D eigenvalue weighted by molar-refractivity contribution is -0.120. The quantitative estimate of drug-likeness (QED) is 0.365. The summed E-state index contributed by atoms with van der Waals surface area (Å²) in [6.45, 7) is 0.0819. The molecule has 0 bridgehead atoms. The number of fused-ring (bicyclic) bond motifs is 1. The van der Waals surface area contributed by atoms with E-state index < -0.39 is 30.2 Å². The Bertz CT molecular complexity index is 1400. The average Bonchev–Trinajstić information content (AvgIpc) is 3.46. The van der Waals surface area contributed by atoms with Gasteiger partial charge in [0.05, 0.1) is 29.6 Å². The predicted molar refractivity (Wildman–Crippen MR) is 148 cm³/mol. The first-order valence-corrected chi connectivity index (χ1v) is 13.0. The fourth-order valence-corrected chi connectivity index (χ4v) is 5.24. The van der Waals surface area contributed by atoms with Crippen molar-refractivity contribution in [3.05, 3.63) is 95.6 Å². The first-order chi connectivity index (χ1) is 18.9. The van der Waals surface area contributed by atoms with Crippen LogP contribution >= 0.6 is 0 Å². The van der Waals surface area contributed by atoms with Crippen molar-refractivity contribution in [3.8, 4) is 0 Å². The zero-order chi connectivity index (χ0) is 27.4. The topological polar surface area (TPSA) is 131 Å². The standard InChI is InChI=1S/C30H30N4O5/c35-25(19-9-4-5-10-19)18-34-24-16-7-6-15-23(24)26(20-11-2-1-3-12-20)32-27(28(34)36)33-30(39)31-22-14-8-13-21(17-22)29(37)38/h1-3,6-8,11-17,19,25,27,35H,4-5,9-10,18H2,(H,37,38)(H2,31,33,39)/t25-,27-/m0/s1. The molecule has 1 saturated carbocycles. The SMILES string of the molecule is O=C(Nc1cccc(C(=O)O)c1)N[C@@H]1N=C(c2ccccc2)c2ccccc2N(C[C@H](O)C2CCCC2)C1=O. The van der Waals surface area contributed by atoms with E-state index in [4.69, 9.17) is 4.99 Å². The number of nitrogens with one attached hydrogen (secondary N) is 2. The molecule has 2 atom stereocenters. The maximum Gasteiger partial charge on any atom is 0.335 e. The Hall–Kier alpha value is -4.50. The van der Waals surface area contributed by atoms with Crippen LogP contribution in [0.5, 0.6) is 0 Å². The number of rotatable bonds is 7. The number of carboxylic acids is 1. The molecule has 1 aliphatic heterocycles. The Morgan fingerprint density at radius 3 is 2.44 bits per heavy atom. The van der Waals surface area contributed by atoms with Crippen LogP contribution in [-0.4, -0.2) is 52.6 Å². The van der Waals surface area contributed by atoms with Gasteiger partial charge in [0.25, 0.3) is 5.91 Å². The summed E-state index contributed by atoms with van der Waals surface area (Å²) in [5.41, 5.74) is 2.92. The minimum atomic E-state index is -1.29. The number of carbonyl (C=O) groups excluding carboxylic acids is 2. The number of aromatic carboxylic acids is 1. The van der Waals surface area contributed by atoms with Crippen molar-refractivity contribution in [2.24, 2.45) is 10.9 Å². The minimum Gasteiger partial charge on any atom is -0.478 e. The molecule has 1 heterocycles. The van der Waals surface area contributed by atoms with Gasteiger partial charge < -0.3 is 25.7 Å². The van der Waals surface area contributed by atoms with E-state index in [2.05, 4.69) is 10.6 Å². The molecule has 39 heavy (non-hydrogen) atoms. The molecule has 200 valence electrons. The summed E-state index contributed by atoms with van der Waals surface area (Å²) in [4.78, 5) is 44.5. The highest BCUT2D eigenvalue weighted by Gasteiger charge is 2.35. The Balaban J connectivity index is 1.49. The molecule has 4 N–H and O–H groups in total. The Kier molecular flexibility index (Phi) is 7.69. The number of amides is 3. The second kappa shape index (κ2) is 11.5. The summed E-state index contributed by atoms with van der Waals surface area (Å²) in [5, 5.41) is 25.6. The van der Waals surface area contributed by atoms with Crippen LogP contribution in [0.4, 0.5) is 16.2 Å². The van der Waals surface area contributed by atoms with Crippen molar-refractivity contribution in [1.29, 1.82) is 0 Å². The zero-order valence-corrected chi connectivity index (χ0v) is 21.3. The molecule has 1 aliphatic carbocycles. The third-order valence-corrected chi connectivity index (χ3v) is 7.20. The van der Waals surface area contributed by atoms with Crippen molar-refractivity contribution in [1.82, 2.24) is 5.32 Å². The van der Waals surface area contributed by atoms with Gasteiger partial charge in [-0.15, -0.1) is 0 Å². The number of aliphatic hydroxyl groups excluding tert-OH is 1. The lowest BCUT2D eigenvalue weighted by atomic mass is 9.98. The van der Waals surface area contributed by atoms with Crippen LogP contribution in [-0.2, 0) is 4.79 Å². The number of aliphatic imine (C=N–C) groups is 1. The van der Waals surface area contributed by atoms with E-state index >= 15 is 0 Å². The second-order valence-electron chi connectivity index (χ2n) is 9.81. The van der Waals surface area contributed by atoms with E-state index in [0.29, 0.717) is 11.4 Å². The number of para-hydroxylation sites is 1. The summed E-state index contributed by atoms with van der Waals surface area (Å²) in [6.07, 6.45) is 1.94. The van der Waals surface area contributed by atoms with E-state index in [1.54, 1.807) is 6.07 Å². The highest BCUT2D eigenvalue weighted by molar-refractivity contribution is 6.20. The molecule has 0 radical (unpaired) electrons. The van der Waals surface area contributed by atoms with E-state index in [0.717, 1.165) is 36.8 Å². The molecule has 9 heteroatoms. The first kappa shape index (κ1) is 26.1. The molecule has 0 saturated heterocycles. The minimum absolute atomic E-state index is 0.0188. The van der Waals surface area contributed by atoms with Gasteiger partial charge in [-0.3, -0.25) is 4.79 Å². The Labute approximate surface area is 226 Å². The van der Waals surface area contributed by atoms with Gasteiger partial charge in [0.1, 0.15) is 0 Å². The molecular formula is C30H30N4O5. The van der Waals surface area contributed by atoms with Crippen molar-refractivity contribution < 1.29 is 24.6 Å². The molecular weight excluding hydrogens is 496 g/mol. The van der Waals surface area contributed by atoms with Gasteiger partial charge in [-0.1, -0.05) is 67.4 Å². The van der Waals surface area contributed by atoms with Crippen LogP contribution in [0.25, 0.3) is 0 Å². The Morgan fingerprint density at radius 2 is 1.69 bits per heavy atom. The van der Waals surface area contributed by atoms with Gasteiger partial charge in [-0.25, -0.2) is 14.6 Å². The number of anilines is 2. The number of benzodiazepines with no additional fused rings is 1. The molecule has 3 aromatic carbocycles. The maximum atomic E-state index is 14.0. The number of β-amino-alcohol motifs (C(OH)–C–C–N with tert-alkyl or cyclic N) is 1. The molecule has 1 fully saturated rings. The van der Waals surface area contributed by atoms with Crippen molar-refractivity contribution in [2.45, 2.75) is 38.0 Å². The lowest BCUT2D eigenvalue weighted by Gasteiger charge is -2.29. The van der Waals surface area contributed by atoms with E-state index in [9.17, 15) is 24.6 Å². The van der Waals surface area contributed by atoms with Gasteiger partial charge in [-0.2, -0.15) is 0 Å². The van der Waals surface area contributed by atoms with Crippen LogP contribution in [0.15, 0.2) is 83.9 Å². The maximum absolute atomic E-state index is 14.0. The van der Waals surface area contributed by atoms with Gasteiger partial charge in [0, 0.05) is 16.8 Å². The first-order valence-electron chi connectivity index (χ1n) is 13.0. The van der Waals surface area contributed by atoms with Gasteiger partial charge in [0.2, 0.25) is 6.17 Å². The second-order valence-corrected chi connectivity index (χ2v) is 9.81. The van der Waals surface area contributed by atoms with Crippen LogP contribution in [0.1, 0.15) is 47.2 Å². The average molecular weight is 527 g/mol. The summed E-state index contributed by atoms with van der Waals surface area (Å²) < 4.78 is 0. The third-order valence-electron chi connectivity index (χ3n) is 7.20. The van der Waals surface area contributed by atoms with Gasteiger partial charge >= 0.3 is 12.0 Å².